The van der Waals surface area contributed by atoms with Gasteiger partial charge in [0.05, 0.1) is 6.61 Å². The number of rotatable bonds is 4. The maximum absolute atomic E-state index is 11.7. The number of aliphatic hydroxyl groups excluding tert-OH is 1. The Hall–Kier alpha value is -1.75. The summed E-state index contributed by atoms with van der Waals surface area (Å²) in [5.41, 5.74) is 0.142. The van der Waals surface area contributed by atoms with Crippen LogP contribution in [0.1, 0.15) is 23.2 Å². The van der Waals surface area contributed by atoms with E-state index in [1.165, 1.54) is 18.2 Å². The van der Waals surface area contributed by atoms with Crippen LogP contribution in [0.25, 0.3) is 0 Å². The predicted octanol–water partition coefficient (Wildman–Crippen LogP) is 0.600. The first-order valence-corrected chi connectivity index (χ1v) is 5.47. The number of amides is 1. The summed E-state index contributed by atoms with van der Waals surface area (Å²) in [6.07, 6.45) is 1.84. The van der Waals surface area contributed by atoms with Gasteiger partial charge in [0, 0.05) is 17.5 Å². The smallest absolute Gasteiger partial charge is 0.251 e. The lowest BCUT2D eigenvalue weighted by Crippen LogP contribution is -2.31. The highest BCUT2D eigenvalue weighted by atomic mass is 16.3. The van der Waals surface area contributed by atoms with E-state index >= 15 is 0 Å². The molecule has 0 atom stereocenters. The van der Waals surface area contributed by atoms with Gasteiger partial charge in [-0.15, -0.1) is 0 Å². The molecule has 0 spiro atoms. The standard InChI is InChI=1S/C12H15NO4/c14-7-12(3-4-12)6-13-11(17)8-1-2-9(15)10(16)5-8/h1-2,5,14-16H,3-4,6-7H2,(H,13,17). The molecule has 92 valence electrons. The number of hydrogen-bond donors (Lipinski definition) is 4. The molecule has 17 heavy (non-hydrogen) atoms. The molecule has 5 heteroatoms. The fourth-order valence-corrected chi connectivity index (χ4v) is 1.60. The fraction of sp³-hybridized carbons (Fsp3) is 0.417. The lowest BCUT2D eigenvalue weighted by Gasteiger charge is -2.12. The van der Waals surface area contributed by atoms with Crippen molar-refractivity contribution in [1.29, 1.82) is 0 Å². The van der Waals surface area contributed by atoms with Crippen LogP contribution in [0.2, 0.25) is 0 Å². The van der Waals surface area contributed by atoms with Gasteiger partial charge in [0.15, 0.2) is 11.5 Å². The normalized spacial score (nSPS) is 16.5. The largest absolute Gasteiger partial charge is 0.504 e. The van der Waals surface area contributed by atoms with E-state index in [1.54, 1.807) is 0 Å². The second-order valence-corrected chi connectivity index (χ2v) is 4.54. The number of benzene rings is 1. The predicted molar refractivity (Wildman–Crippen MR) is 60.9 cm³/mol. The van der Waals surface area contributed by atoms with Gasteiger partial charge in [0.2, 0.25) is 0 Å². The lowest BCUT2D eigenvalue weighted by molar-refractivity contribution is 0.0935. The average Bonchev–Trinajstić information content (AvgIpc) is 3.10. The van der Waals surface area contributed by atoms with Gasteiger partial charge < -0.3 is 20.6 Å². The SMILES string of the molecule is O=C(NCC1(CO)CC1)c1ccc(O)c(O)c1. The number of carbonyl (C=O) groups excluding carboxylic acids is 1. The summed E-state index contributed by atoms with van der Waals surface area (Å²) in [4.78, 5) is 11.7. The van der Waals surface area contributed by atoms with Gasteiger partial charge in [-0.2, -0.15) is 0 Å². The molecule has 0 aromatic heterocycles. The fourth-order valence-electron chi connectivity index (χ4n) is 1.60. The Morgan fingerprint density at radius 1 is 1.29 bits per heavy atom. The van der Waals surface area contributed by atoms with E-state index in [0.29, 0.717) is 6.54 Å². The second kappa shape index (κ2) is 4.25. The van der Waals surface area contributed by atoms with Crippen LogP contribution in [0.4, 0.5) is 0 Å². The van der Waals surface area contributed by atoms with E-state index in [-0.39, 0.29) is 35.0 Å². The van der Waals surface area contributed by atoms with Gasteiger partial charge in [-0.3, -0.25) is 4.79 Å². The van der Waals surface area contributed by atoms with Crippen LogP contribution >= 0.6 is 0 Å². The Morgan fingerprint density at radius 2 is 2.00 bits per heavy atom. The molecule has 1 aromatic carbocycles. The van der Waals surface area contributed by atoms with Gasteiger partial charge >= 0.3 is 0 Å². The highest BCUT2D eigenvalue weighted by Crippen LogP contribution is 2.44. The first-order chi connectivity index (χ1) is 8.06. The maximum Gasteiger partial charge on any atom is 0.251 e. The summed E-state index contributed by atoms with van der Waals surface area (Å²) in [5, 5.41) is 30.2. The van der Waals surface area contributed by atoms with E-state index < -0.39 is 0 Å². The average molecular weight is 237 g/mol. The third-order valence-corrected chi connectivity index (χ3v) is 3.15. The summed E-state index contributed by atoms with van der Waals surface area (Å²) in [6, 6.07) is 3.91. The number of phenols is 2. The Morgan fingerprint density at radius 3 is 2.53 bits per heavy atom. The molecule has 0 radical (unpaired) electrons. The molecule has 0 saturated heterocycles. The minimum absolute atomic E-state index is 0.0775. The van der Waals surface area contributed by atoms with Crippen LogP contribution in [-0.4, -0.2) is 34.4 Å². The van der Waals surface area contributed by atoms with Crippen molar-refractivity contribution in [2.75, 3.05) is 13.2 Å². The van der Waals surface area contributed by atoms with Crippen LogP contribution < -0.4 is 5.32 Å². The van der Waals surface area contributed by atoms with Crippen molar-refractivity contribution in [2.24, 2.45) is 5.41 Å². The van der Waals surface area contributed by atoms with Crippen LogP contribution in [0.5, 0.6) is 11.5 Å². The Bertz CT molecular complexity index is 440. The number of aliphatic hydroxyl groups is 1. The third-order valence-electron chi connectivity index (χ3n) is 3.15. The minimum atomic E-state index is -0.319. The lowest BCUT2D eigenvalue weighted by atomic mass is 10.1. The molecule has 0 bridgehead atoms. The van der Waals surface area contributed by atoms with E-state index in [1.807, 2.05) is 0 Å². The van der Waals surface area contributed by atoms with Gasteiger partial charge in [0.1, 0.15) is 0 Å². The van der Waals surface area contributed by atoms with Crippen LogP contribution in [-0.2, 0) is 0 Å². The summed E-state index contributed by atoms with van der Waals surface area (Å²) in [7, 11) is 0. The van der Waals surface area contributed by atoms with Crippen molar-refractivity contribution in [3.63, 3.8) is 0 Å². The van der Waals surface area contributed by atoms with E-state index in [9.17, 15) is 9.90 Å². The van der Waals surface area contributed by atoms with Crippen molar-refractivity contribution < 1.29 is 20.1 Å². The Kier molecular flexibility index (Phi) is 2.93. The Balaban J connectivity index is 1.97. The number of aromatic hydroxyl groups is 2. The molecular formula is C12H15NO4. The molecule has 1 aliphatic rings. The second-order valence-electron chi connectivity index (χ2n) is 4.54. The van der Waals surface area contributed by atoms with Crippen molar-refractivity contribution in [3.05, 3.63) is 23.8 Å². The Labute approximate surface area is 98.7 Å². The molecule has 4 N–H and O–H groups in total. The zero-order valence-electron chi connectivity index (χ0n) is 9.31. The summed E-state index contributed by atoms with van der Waals surface area (Å²) < 4.78 is 0. The summed E-state index contributed by atoms with van der Waals surface area (Å²) in [6.45, 7) is 0.512. The zero-order valence-corrected chi connectivity index (χ0v) is 9.31. The maximum atomic E-state index is 11.7. The molecule has 0 heterocycles. The molecule has 1 aromatic rings. The molecular weight excluding hydrogens is 222 g/mol. The van der Waals surface area contributed by atoms with Gasteiger partial charge in [0.25, 0.3) is 5.91 Å². The molecule has 1 fully saturated rings. The van der Waals surface area contributed by atoms with E-state index in [4.69, 9.17) is 10.2 Å². The molecule has 0 aliphatic heterocycles. The minimum Gasteiger partial charge on any atom is -0.504 e. The third kappa shape index (κ3) is 2.50. The molecule has 0 unspecified atom stereocenters. The molecule has 1 amide bonds. The first-order valence-electron chi connectivity index (χ1n) is 5.47. The van der Waals surface area contributed by atoms with Gasteiger partial charge in [-0.1, -0.05) is 0 Å². The molecule has 5 nitrogen and oxygen atoms in total. The van der Waals surface area contributed by atoms with Crippen LogP contribution in [0.15, 0.2) is 18.2 Å². The summed E-state index contributed by atoms with van der Waals surface area (Å²) >= 11 is 0. The number of hydrogen-bond acceptors (Lipinski definition) is 4. The quantitative estimate of drug-likeness (QED) is 0.577. The van der Waals surface area contributed by atoms with E-state index in [0.717, 1.165) is 12.8 Å². The van der Waals surface area contributed by atoms with Gasteiger partial charge in [-0.25, -0.2) is 0 Å². The summed E-state index contributed by atoms with van der Waals surface area (Å²) in [5.74, 6) is -0.892. The zero-order chi connectivity index (χ0) is 12.5. The molecule has 1 aliphatic carbocycles. The first kappa shape index (κ1) is 11.7. The topological polar surface area (TPSA) is 89.8 Å². The monoisotopic (exact) mass is 237 g/mol. The highest BCUT2D eigenvalue weighted by Gasteiger charge is 2.42. The molecule has 2 rings (SSSR count). The van der Waals surface area contributed by atoms with Crippen LogP contribution in [0, 0.1) is 5.41 Å². The van der Waals surface area contributed by atoms with Crippen molar-refractivity contribution >= 4 is 5.91 Å². The molecule has 1 saturated carbocycles. The highest BCUT2D eigenvalue weighted by molar-refractivity contribution is 5.94. The van der Waals surface area contributed by atoms with Crippen LogP contribution in [0.3, 0.4) is 0 Å². The number of nitrogens with one attached hydrogen (secondary N) is 1. The number of phenolic OH excluding ortho intramolecular Hbond substituents is 2. The van der Waals surface area contributed by atoms with Crippen molar-refractivity contribution in [2.45, 2.75) is 12.8 Å². The van der Waals surface area contributed by atoms with Gasteiger partial charge in [-0.05, 0) is 31.0 Å². The number of carbonyl (C=O) groups is 1. The van der Waals surface area contributed by atoms with Crippen molar-refractivity contribution in [3.8, 4) is 11.5 Å². The van der Waals surface area contributed by atoms with E-state index in [2.05, 4.69) is 5.32 Å². The van der Waals surface area contributed by atoms with Crippen molar-refractivity contribution in [1.82, 2.24) is 5.32 Å².